The number of hydrogen-bond donors (Lipinski definition) is 0. The van der Waals surface area contributed by atoms with Crippen LogP contribution in [0.4, 0.5) is 5.69 Å². The smallest absolute Gasteiger partial charge is 0.255 e. The molecule has 196 valence electrons. The summed E-state index contributed by atoms with van der Waals surface area (Å²) in [5, 5.41) is 0. The van der Waals surface area contributed by atoms with Crippen molar-refractivity contribution >= 4 is 11.6 Å². The molecule has 1 aliphatic rings. The van der Waals surface area contributed by atoms with E-state index in [1.165, 1.54) is 0 Å². The van der Waals surface area contributed by atoms with E-state index in [9.17, 15) is 4.79 Å². The van der Waals surface area contributed by atoms with E-state index < -0.39 is 0 Å². The van der Waals surface area contributed by atoms with Gasteiger partial charge in [-0.2, -0.15) is 0 Å². The largest absolute Gasteiger partial charge is 0.497 e. The highest BCUT2D eigenvalue weighted by Crippen LogP contribution is 2.33. The number of benzene rings is 3. The molecular formula is C31H33N3O4. The van der Waals surface area contributed by atoms with Crippen LogP contribution in [-0.2, 0) is 0 Å². The van der Waals surface area contributed by atoms with E-state index in [2.05, 4.69) is 21.6 Å². The van der Waals surface area contributed by atoms with Gasteiger partial charge in [-0.05, 0) is 79.2 Å². The molecule has 38 heavy (non-hydrogen) atoms. The molecule has 0 saturated carbocycles. The summed E-state index contributed by atoms with van der Waals surface area (Å²) in [7, 11) is 4.98. The Labute approximate surface area is 223 Å². The van der Waals surface area contributed by atoms with Gasteiger partial charge in [0.1, 0.15) is 17.2 Å². The molecule has 1 aromatic heterocycles. The fraction of sp³-hybridized carbons (Fsp3) is 0.258. The molecule has 1 fully saturated rings. The van der Waals surface area contributed by atoms with Crippen molar-refractivity contribution in [1.82, 2.24) is 9.47 Å². The topological polar surface area (TPSA) is 56.2 Å². The van der Waals surface area contributed by atoms with Crippen LogP contribution in [0.2, 0.25) is 0 Å². The van der Waals surface area contributed by atoms with E-state index in [1.54, 1.807) is 21.3 Å². The summed E-state index contributed by atoms with van der Waals surface area (Å²) in [4.78, 5) is 18.1. The van der Waals surface area contributed by atoms with Crippen LogP contribution in [0.5, 0.6) is 17.2 Å². The number of amides is 1. The Morgan fingerprint density at radius 3 is 1.89 bits per heavy atom. The van der Waals surface area contributed by atoms with Crippen LogP contribution in [0.1, 0.15) is 16.1 Å². The zero-order valence-corrected chi connectivity index (χ0v) is 22.3. The molecule has 5 rings (SSSR count). The highest BCUT2D eigenvalue weighted by Gasteiger charge is 2.27. The van der Waals surface area contributed by atoms with Crippen LogP contribution >= 0.6 is 0 Å². The number of rotatable bonds is 7. The fourth-order valence-electron chi connectivity index (χ4n) is 5.01. The molecule has 0 N–H and O–H groups in total. The number of piperazine rings is 1. The number of methoxy groups -OCH3 is 3. The second kappa shape index (κ2) is 10.9. The van der Waals surface area contributed by atoms with Crippen molar-refractivity contribution < 1.29 is 19.0 Å². The minimum Gasteiger partial charge on any atom is -0.497 e. The van der Waals surface area contributed by atoms with Gasteiger partial charge in [0.25, 0.3) is 5.91 Å². The average Bonchev–Trinajstić information content (AvgIpc) is 3.33. The summed E-state index contributed by atoms with van der Waals surface area (Å²) >= 11 is 0. The van der Waals surface area contributed by atoms with Crippen LogP contribution in [0.3, 0.4) is 0 Å². The van der Waals surface area contributed by atoms with E-state index in [0.717, 1.165) is 58.7 Å². The third-order valence-electron chi connectivity index (χ3n) is 7.18. The molecular weight excluding hydrogens is 478 g/mol. The lowest BCUT2D eigenvalue weighted by molar-refractivity contribution is 0.0746. The highest BCUT2D eigenvalue weighted by molar-refractivity contribution is 5.97. The molecule has 1 saturated heterocycles. The Bertz CT molecular complexity index is 1400. The van der Waals surface area contributed by atoms with E-state index in [0.29, 0.717) is 18.7 Å². The number of aromatic nitrogens is 1. The number of ether oxygens (including phenoxy) is 3. The minimum absolute atomic E-state index is 0.0493. The minimum atomic E-state index is 0.0493. The van der Waals surface area contributed by atoms with E-state index >= 15 is 0 Å². The number of anilines is 1. The molecule has 0 unspecified atom stereocenters. The van der Waals surface area contributed by atoms with Gasteiger partial charge in [0.15, 0.2) is 0 Å². The molecule has 0 spiro atoms. The number of nitrogens with zero attached hydrogens (tertiary/aromatic N) is 3. The molecule has 0 atom stereocenters. The van der Waals surface area contributed by atoms with Crippen molar-refractivity contribution in [2.75, 3.05) is 52.4 Å². The maximum Gasteiger partial charge on any atom is 0.255 e. The van der Waals surface area contributed by atoms with Gasteiger partial charge in [0.05, 0.1) is 32.6 Å². The van der Waals surface area contributed by atoms with Gasteiger partial charge in [-0.1, -0.05) is 6.07 Å². The summed E-state index contributed by atoms with van der Waals surface area (Å²) in [6.07, 6.45) is 0. The second-order valence-electron chi connectivity index (χ2n) is 9.27. The maximum atomic E-state index is 13.8. The Morgan fingerprint density at radius 2 is 1.29 bits per heavy atom. The van der Waals surface area contributed by atoms with Gasteiger partial charge < -0.3 is 28.6 Å². The quantitative estimate of drug-likeness (QED) is 0.331. The van der Waals surface area contributed by atoms with E-state index in [4.69, 9.17) is 14.2 Å². The fourth-order valence-corrected chi connectivity index (χ4v) is 5.01. The third kappa shape index (κ3) is 4.92. The van der Waals surface area contributed by atoms with Gasteiger partial charge in [-0.25, -0.2) is 0 Å². The predicted octanol–water partition coefficient (Wildman–Crippen LogP) is 5.44. The highest BCUT2D eigenvalue weighted by atomic mass is 16.5. The standard InChI is InChI=1S/C31H33N3O4/c1-22-29(31(35)33-18-16-32(17-19-33)24-10-14-27(37-3)15-11-24)21-30(23-8-12-26(36-2)13-9-23)34(22)25-6-5-7-28(20-25)38-4/h5-15,20-21H,16-19H2,1-4H3. The lowest BCUT2D eigenvalue weighted by Gasteiger charge is -2.36. The number of carbonyl (C=O) groups excluding carboxylic acids is 1. The van der Waals surface area contributed by atoms with Crippen molar-refractivity contribution in [1.29, 1.82) is 0 Å². The van der Waals surface area contributed by atoms with Crippen molar-refractivity contribution in [2.24, 2.45) is 0 Å². The maximum absolute atomic E-state index is 13.8. The van der Waals surface area contributed by atoms with Crippen LogP contribution in [0.15, 0.2) is 78.9 Å². The van der Waals surface area contributed by atoms with Crippen LogP contribution in [0, 0.1) is 6.92 Å². The molecule has 3 aromatic carbocycles. The van der Waals surface area contributed by atoms with E-state index in [1.807, 2.05) is 78.6 Å². The van der Waals surface area contributed by atoms with Gasteiger partial charge in [-0.3, -0.25) is 4.79 Å². The first-order valence-corrected chi connectivity index (χ1v) is 12.7. The zero-order valence-electron chi connectivity index (χ0n) is 22.3. The number of carbonyl (C=O) groups is 1. The second-order valence-corrected chi connectivity index (χ2v) is 9.27. The van der Waals surface area contributed by atoms with Crippen molar-refractivity contribution in [3.63, 3.8) is 0 Å². The van der Waals surface area contributed by atoms with Crippen molar-refractivity contribution in [3.8, 4) is 34.2 Å². The Morgan fingerprint density at radius 1 is 0.684 bits per heavy atom. The van der Waals surface area contributed by atoms with Crippen molar-refractivity contribution in [3.05, 3.63) is 90.1 Å². The first-order valence-electron chi connectivity index (χ1n) is 12.7. The summed E-state index contributed by atoms with van der Waals surface area (Å²) in [5.74, 6) is 2.44. The molecule has 0 radical (unpaired) electrons. The molecule has 1 amide bonds. The summed E-state index contributed by atoms with van der Waals surface area (Å²) < 4.78 is 18.2. The zero-order chi connectivity index (χ0) is 26.6. The van der Waals surface area contributed by atoms with Crippen molar-refractivity contribution in [2.45, 2.75) is 6.92 Å². The molecule has 0 bridgehead atoms. The van der Waals surface area contributed by atoms with Crippen LogP contribution in [0.25, 0.3) is 16.9 Å². The Hall–Kier alpha value is -4.39. The Balaban J connectivity index is 1.44. The lowest BCUT2D eigenvalue weighted by atomic mass is 10.1. The monoisotopic (exact) mass is 511 g/mol. The Kier molecular flexibility index (Phi) is 7.26. The SMILES string of the molecule is COc1ccc(-c2cc(C(=O)N3CCN(c4ccc(OC)cc4)CC3)c(C)n2-c2cccc(OC)c2)cc1. The molecule has 0 aliphatic carbocycles. The normalized spacial score (nSPS) is 13.4. The average molecular weight is 512 g/mol. The molecule has 7 nitrogen and oxygen atoms in total. The third-order valence-corrected chi connectivity index (χ3v) is 7.18. The number of hydrogen-bond acceptors (Lipinski definition) is 5. The predicted molar refractivity (Wildman–Crippen MR) is 150 cm³/mol. The summed E-state index contributed by atoms with van der Waals surface area (Å²) in [6, 6.07) is 25.9. The summed E-state index contributed by atoms with van der Waals surface area (Å²) in [5.41, 5.74) is 5.62. The van der Waals surface area contributed by atoms with Gasteiger partial charge in [0, 0.05) is 49.3 Å². The first kappa shape index (κ1) is 25.3. The van der Waals surface area contributed by atoms with Gasteiger partial charge in [-0.15, -0.1) is 0 Å². The molecule has 7 heteroatoms. The van der Waals surface area contributed by atoms with E-state index in [-0.39, 0.29) is 5.91 Å². The summed E-state index contributed by atoms with van der Waals surface area (Å²) in [6.45, 7) is 4.88. The van der Waals surface area contributed by atoms with Gasteiger partial charge in [0.2, 0.25) is 0 Å². The van der Waals surface area contributed by atoms with Crippen LogP contribution in [-0.4, -0.2) is 62.9 Å². The first-order chi connectivity index (χ1) is 18.5. The molecule has 2 heterocycles. The van der Waals surface area contributed by atoms with Gasteiger partial charge >= 0.3 is 0 Å². The molecule has 1 aliphatic heterocycles. The molecule has 4 aromatic rings. The lowest BCUT2D eigenvalue weighted by Crippen LogP contribution is -2.48. The van der Waals surface area contributed by atoms with Crippen LogP contribution < -0.4 is 19.1 Å².